The largest absolute Gasteiger partial charge is 0.508 e. The molecule has 0 radical (unpaired) electrons. The smallest absolute Gasteiger partial charge is 0.248 e. The maximum Gasteiger partial charge on any atom is 0.248 e. The van der Waals surface area contributed by atoms with Gasteiger partial charge in [0.15, 0.2) is 0 Å². The number of phenolic OH excluding ortho intramolecular Hbond substituents is 1. The Morgan fingerprint density at radius 3 is 2.47 bits per heavy atom. The molecule has 0 unspecified atom stereocenters. The monoisotopic (exact) mass is 293 g/mol. The highest BCUT2D eigenvalue weighted by Gasteiger charge is 2.06. The van der Waals surface area contributed by atoms with Crippen LogP contribution in [0.5, 0.6) is 5.75 Å². The fourth-order valence-corrected chi connectivity index (χ4v) is 2.75. The summed E-state index contributed by atoms with van der Waals surface area (Å²) in [5.41, 5.74) is 6.53. The van der Waals surface area contributed by atoms with E-state index in [4.69, 9.17) is 17.3 Å². The Morgan fingerprint density at radius 1 is 1.21 bits per heavy atom. The van der Waals surface area contributed by atoms with E-state index in [9.17, 15) is 9.90 Å². The molecule has 0 spiro atoms. The summed E-state index contributed by atoms with van der Waals surface area (Å²) < 4.78 is 0. The van der Waals surface area contributed by atoms with E-state index in [1.54, 1.807) is 42.1 Å². The Kier molecular flexibility index (Phi) is 4.35. The van der Waals surface area contributed by atoms with Crippen molar-refractivity contribution in [2.24, 2.45) is 5.73 Å². The molecule has 0 aliphatic rings. The second-order valence-corrected chi connectivity index (χ2v) is 5.41. The second kappa shape index (κ2) is 5.99. The molecule has 2 aromatic carbocycles. The first kappa shape index (κ1) is 13.8. The molecule has 1 amide bonds. The Morgan fingerprint density at radius 2 is 1.89 bits per heavy atom. The highest BCUT2D eigenvalue weighted by atomic mass is 35.5. The Labute approximate surface area is 120 Å². The van der Waals surface area contributed by atoms with Gasteiger partial charge < -0.3 is 10.8 Å². The van der Waals surface area contributed by atoms with Crippen LogP contribution in [0.15, 0.2) is 47.4 Å². The van der Waals surface area contributed by atoms with Crippen molar-refractivity contribution >= 4 is 29.3 Å². The molecule has 5 heteroatoms. The van der Waals surface area contributed by atoms with E-state index in [0.29, 0.717) is 16.3 Å². The number of carbonyl (C=O) groups excluding carboxylic acids is 1. The summed E-state index contributed by atoms with van der Waals surface area (Å²) in [6.07, 6.45) is 0. The van der Waals surface area contributed by atoms with Crippen LogP contribution >= 0.6 is 23.4 Å². The Hall–Kier alpha value is -1.65. The third-order valence-corrected chi connectivity index (χ3v) is 3.98. The topological polar surface area (TPSA) is 63.3 Å². The summed E-state index contributed by atoms with van der Waals surface area (Å²) >= 11 is 7.70. The van der Waals surface area contributed by atoms with Crippen molar-refractivity contribution in [3.63, 3.8) is 0 Å². The zero-order valence-corrected chi connectivity index (χ0v) is 11.5. The third-order valence-electron chi connectivity index (χ3n) is 2.57. The van der Waals surface area contributed by atoms with Gasteiger partial charge in [-0.05, 0) is 42.0 Å². The van der Waals surface area contributed by atoms with Crippen LogP contribution in [0, 0.1) is 0 Å². The molecule has 0 aliphatic heterocycles. The predicted octanol–water partition coefficient (Wildman–Crippen LogP) is 3.44. The van der Waals surface area contributed by atoms with Crippen LogP contribution in [0.3, 0.4) is 0 Å². The highest BCUT2D eigenvalue weighted by molar-refractivity contribution is 7.98. The van der Waals surface area contributed by atoms with Crippen molar-refractivity contribution < 1.29 is 9.90 Å². The van der Waals surface area contributed by atoms with Crippen LogP contribution in [0.4, 0.5) is 0 Å². The first-order chi connectivity index (χ1) is 9.06. The number of hydrogen-bond acceptors (Lipinski definition) is 3. The molecular formula is C14H12ClNO2S. The minimum Gasteiger partial charge on any atom is -0.508 e. The minimum atomic E-state index is -0.486. The number of aromatic hydroxyl groups is 1. The summed E-state index contributed by atoms with van der Waals surface area (Å²) in [6, 6.07) is 12.0. The minimum absolute atomic E-state index is 0.244. The van der Waals surface area contributed by atoms with Gasteiger partial charge in [0, 0.05) is 21.2 Å². The first-order valence-corrected chi connectivity index (χ1v) is 6.92. The number of benzene rings is 2. The molecule has 98 valence electrons. The lowest BCUT2D eigenvalue weighted by atomic mass is 10.1. The molecule has 19 heavy (non-hydrogen) atoms. The van der Waals surface area contributed by atoms with E-state index in [1.807, 2.05) is 12.1 Å². The van der Waals surface area contributed by atoms with Crippen molar-refractivity contribution in [3.05, 3.63) is 58.6 Å². The molecule has 0 aliphatic carbocycles. The molecule has 0 aromatic heterocycles. The molecule has 0 atom stereocenters. The molecule has 3 nitrogen and oxygen atoms in total. The van der Waals surface area contributed by atoms with E-state index in [-0.39, 0.29) is 5.75 Å². The molecule has 2 aromatic rings. The summed E-state index contributed by atoms with van der Waals surface area (Å²) in [5.74, 6) is 0.440. The van der Waals surface area contributed by atoms with Gasteiger partial charge >= 0.3 is 0 Å². The van der Waals surface area contributed by atoms with Gasteiger partial charge in [0.05, 0.1) is 0 Å². The molecule has 0 fully saturated rings. The van der Waals surface area contributed by atoms with E-state index < -0.39 is 5.91 Å². The number of rotatable bonds is 4. The number of halogens is 1. The number of hydrogen-bond donors (Lipinski definition) is 2. The van der Waals surface area contributed by atoms with E-state index in [2.05, 4.69) is 0 Å². The first-order valence-electron chi connectivity index (χ1n) is 5.56. The maximum absolute atomic E-state index is 11.0. The molecule has 0 heterocycles. The third kappa shape index (κ3) is 3.66. The quantitative estimate of drug-likeness (QED) is 0.849. The van der Waals surface area contributed by atoms with Gasteiger partial charge in [-0.1, -0.05) is 17.7 Å². The average Bonchev–Trinajstić information content (AvgIpc) is 2.39. The Bertz CT molecular complexity index is 599. The van der Waals surface area contributed by atoms with Gasteiger partial charge in [0.1, 0.15) is 5.75 Å². The van der Waals surface area contributed by atoms with Gasteiger partial charge in [0.25, 0.3) is 0 Å². The molecular weight excluding hydrogens is 282 g/mol. The van der Waals surface area contributed by atoms with Gasteiger partial charge in [-0.3, -0.25) is 4.79 Å². The van der Waals surface area contributed by atoms with Crippen molar-refractivity contribution in [2.45, 2.75) is 10.6 Å². The summed E-state index contributed by atoms with van der Waals surface area (Å²) in [5, 5.41) is 9.72. The number of primary amides is 1. The van der Waals surface area contributed by atoms with Gasteiger partial charge in [-0.25, -0.2) is 0 Å². The number of carbonyl (C=O) groups is 1. The SMILES string of the molecule is NC(=O)c1ccc(CSc2ccc(O)cc2)c(Cl)c1. The van der Waals surface area contributed by atoms with Crippen LogP contribution in [0.25, 0.3) is 0 Å². The van der Waals surface area contributed by atoms with Gasteiger partial charge in [-0.2, -0.15) is 0 Å². The molecule has 2 rings (SSSR count). The zero-order chi connectivity index (χ0) is 13.8. The number of thioether (sulfide) groups is 1. The second-order valence-electron chi connectivity index (χ2n) is 3.95. The number of nitrogens with two attached hydrogens (primary N) is 1. The van der Waals surface area contributed by atoms with Crippen LogP contribution in [-0.2, 0) is 5.75 Å². The van der Waals surface area contributed by atoms with Crippen molar-refractivity contribution in [1.29, 1.82) is 0 Å². The van der Waals surface area contributed by atoms with Crippen LogP contribution in [-0.4, -0.2) is 11.0 Å². The van der Waals surface area contributed by atoms with Crippen molar-refractivity contribution in [3.8, 4) is 5.75 Å². The normalized spacial score (nSPS) is 10.4. The summed E-state index contributed by atoms with van der Waals surface area (Å²) in [4.78, 5) is 12.0. The van der Waals surface area contributed by atoms with E-state index in [0.717, 1.165) is 10.5 Å². The molecule has 0 bridgehead atoms. The van der Waals surface area contributed by atoms with Crippen LogP contribution in [0.2, 0.25) is 5.02 Å². The molecule has 0 saturated carbocycles. The molecule has 0 saturated heterocycles. The van der Waals surface area contributed by atoms with Crippen LogP contribution in [0.1, 0.15) is 15.9 Å². The standard InChI is InChI=1S/C14H12ClNO2S/c15-13-7-9(14(16)18)1-2-10(13)8-19-12-5-3-11(17)4-6-12/h1-7,17H,8H2,(H2,16,18). The summed E-state index contributed by atoms with van der Waals surface area (Å²) in [6.45, 7) is 0. The van der Waals surface area contributed by atoms with Crippen molar-refractivity contribution in [2.75, 3.05) is 0 Å². The molecule has 3 N–H and O–H groups in total. The van der Waals surface area contributed by atoms with Gasteiger partial charge in [0.2, 0.25) is 5.91 Å². The lowest BCUT2D eigenvalue weighted by Crippen LogP contribution is -2.10. The Balaban J connectivity index is 2.07. The highest BCUT2D eigenvalue weighted by Crippen LogP contribution is 2.28. The number of phenols is 1. The lowest BCUT2D eigenvalue weighted by molar-refractivity contribution is 0.100. The maximum atomic E-state index is 11.0. The van der Waals surface area contributed by atoms with E-state index >= 15 is 0 Å². The van der Waals surface area contributed by atoms with Crippen LogP contribution < -0.4 is 5.73 Å². The van der Waals surface area contributed by atoms with Crippen molar-refractivity contribution in [1.82, 2.24) is 0 Å². The zero-order valence-electron chi connectivity index (χ0n) is 9.97. The number of amides is 1. The fraction of sp³-hybridized carbons (Fsp3) is 0.0714. The average molecular weight is 294 g/mol. The van der Waals surface area contributed by atoms with Gasteiger partial charge in [-0.15, -0.1) is 11.8 Å². The fourth-order valence-electron chi connectivity index (χ4n) is 1.52. The predicted molar refractivity (Wildman–Crippen MR) is 77.6 cm³/mol. The van der Waals surface area contributed by atoms with E-state index in [1.165, 1.54) is 0 Å². The summed E-state index contributed by atoms with van der Waals surface area (Å²) in [7, 11) is 0. The lowest BCUT2D eigenvalue weighted by Gasteiger charge is -2.06.